The van der Waals surface area contributed by atoms with Crippen molar-refractivity contribution >= 4 is 0 Å². The van der Waals surface area contributed by atoms with Gasteiger partial charge in [0, 0.05) is 38.3 Å². The van der Waals surface area contributed by atoms with Gasteiger partial charge in [0.25, 0.3) is 0 Å². The van der Waals surface area contributed by atoms with Gasteiger partial charge in [-0.2, -0.15) is 0 Å². The fourth-order valence-corrected chi connectivity index (χ4v) is 1.42. The van der Waals surface area contributed by atoms with Crippen LogP contribution in [0.3, 0.4) is 0 Å². The highest BCUT2D eigenvalue weighted by molar-refractivity contribution is 4.77. The van der Waals surface area contributed by atoms with Crippen molar-refractivity contribution in [3.05, 3.63) is 0 Å². The third-order valence-electron chi connectivity index (χ3n) is 2.50. The summed E-state index contributed by atoms with van der Waals surface area (Å²) in [6, 6.07) is 0.0925. The highest BCUT2D eigenvalue weighted by atomic mass is 14.9. The minimum atomic E-state index is 0.0463. The van der Waals surface area contributed by atoms with Crippen LogP contribution in [0.5, 0.6) is 0 Å². The first-order chi connectivity index (χ1) is 7.72. The fraction of sp³-hybridized carbons (Fsp3) is 1.00. The van der Waals surface area contributed by atoms with E-state index in [9.17, 15) is 0 Å². The molecule has 0 heterocycles. The maximum atomic E-state index is 5.97. The van der Waals surface area contributed by atoms with E-state index >= 15 is 0 Å². The lowest BCUT2D eigenvalue weighted by Crippen LogP contribution is -2.45. The zero-order chi connectivity index (χ0) is 12.2. The van der Waals surface area contributed by atoms with E-state index in [1.807, 2.05) is 0 Å². The zero-order valence-corrected chi connectivity index (χ0v) is 10.1. The predicted octanol–water partition coefficient (Wildman–Crippen LogP) is -2.48. The molecule has 0 saturated carbocycles. The molecular weight excluding hydrogens is 204 g/mol. The number of nitrogens with two attached hydrogens (primary N) is 4. The Labute approximate surface area is 98.5 Å². The van der Waals surface area contributed by atoms with Crippen LogP contribution in [0.15, 0.2) is 0 Å². The van der Waals surface area contributed by atoms with Crippen LogP contribution in [0.25, 0.3) is 0 Å². The molecule has 6 nitrogen and oxygen atoms in total. The molecule has 2 atom stereocenters. The van der Waals surface area contributed by atoms with Crippen molar-refractivity contribution in [1.29, 1.82) is 0 Å². The summed E-state index contributed by atoms with van der Waals surface area (Å²) >= 11 is 0. The quantitative estimate of drug-likeness (QED) is 0.219. The van der Waals surface area contributed by atoms with Crippen LogP contribution in [-0.4, -0.2) is 51.4 Å². The number of hydrogen-bond donors (Lipinski definition) is 6. The van der Waals surface area contributed by atoms with Gasteiger partial charge >= 0.3 is 0 Å². The smallest absolute Gasteiger partial charge is 0.0204 e. The Bertz CT molecular complexity index is 127. The molecule has 0 spiro atoms. The van der Waals surface area contributed by atoms with E-state index < -0.39 is 0 Å². The Kier molecular flexibility index (Phi) is 11.1. The highest BCUT2D eigenvalue weighted by Gasteiger charge is 2.11. The molecule has 0 aromatic rings. The van der Waals surface area contributed by atoms with Crippen LogP contribution in [0.1, 0.15) is 12.8 Å². The molecule has 0 aliphatic carbocycles. The van der Waals surface area contributed by atoms with E-state index in [1.54, 1.807) is 0 Å². The summed E-state index contributed by atoms with van der Waals surface area (Å²) in [5.74, 6) is 0. The van der Waals surface area contributed by atoms with Crippen molar-refractivity contribution in [2.24, 2.45) is 22.9 Å². The van der Waals surface area contributed by atoms with Gasteiger partial charge in [-0.25, -0.2) is 0 Å². The number of nitrogens with one attached hydrogen (secondary N) is 2. The molecule has 0 aromatic heterocycles. The lowest BCUT2D eigenvalue weighted by molar-refractivity contribution is 0.447. The van der Waals surface area contributed by atoms with Gasteiger partial charge in [0.15, 0.2) is 0 Å². The molecule has 0 radical (unpaired) electrons. The molecule has 6 heteroatoms. The third kappa shape index (κ3) is 9.02. The largest absolute Gasteiger partial charge is 0.329 e. The van der Waals surface area contributed by atoms with Crippen LogP contribution in [-0.2, 0) is 0 Å². The van der Waals surface area contributed by atoms with Crippen LogP contribution in [0.4, 0.5) is 0 Å². The predicted molar refractivity (Wildman–Crippen MR) is 69.0 cm³/mol. The Balaban J connectivity index is 3.38. The van der Waals surface area contributed by atoms with Crippen molar-refractivity contribution in [2.75, 3.05) is 39.3 Å². The average molecular weight is 232 g/mol. The number of rotatable bonds is 11. The van der Waals surface area contributed by atoms with Crippen molar-refractivity contribution in [2.45, 2.75) is 24.9 Å². The van der Waals surface area contributed by atoms with Gasteiger partial charge in [-0.3, -0.25) is 0 Å². The number of hydrogen-bond acceptors (Lipinski definition) is 6. The first-order valence-corrected chi connectivity index (χ1v) is 6.05. The van der Waals surface area contributed by atoms with Gasteiger partial charge in [0.1, 0.15) is 0 Å². The topological polar surface area (TPSA) is 128 Å². The van der Waals surface area contributed by atoms with E-state index in [0.29, 0.717) is 13.1 Å². The van der Waals surface area contributed by atoms with E-state index in [0.717, 1.165) is 39.0 Å². The maximum absolute atomic E-state index is 5.97. The normalized spacial score (nSPS) is 15.0. The summed E-state index contributed by atoms with van der Waals surface area (Å²) < 4.78 is 0. The molecular formula is C10H28N6. The Morgan fingerprint density at radius 3 is 1.38 bits per heavy atom. The molecule has 0 rings (SSSR count). The molecule has 0 amide bonds. The summed E-state index contributed by atoms with van der Waals surface area (Å²) in [5.41, 5.74) is 22.7. The van der Waals surface area contributed by atoms with Gasteiger partial charge in [-0.15, -0.1) is 0 Å². The lowest BCUT2D eigenvalue weighted by Gasteiger charge is -2.20. The van der Waals surface area contributed by atoms with Gasteiger partial charge in [0.2, 0.25) is 0 Å². The Morgan fingerprint density at radius 1 is 0.688 bits per heavy atom. The molecule has 0 aliphatic rings. The van der Waals surface area contributed by atoms with E-state index in [4.69, 9.17) is 22.9 Å². The van der Waals surface area contributed by atoms with Crippen LogP contribution < -0.4 is 33.6 Å². The van der Waals surface area contributed by atoms with Gasteiger partial charge < -0.3 is 33.6 Å². The van der Waals surface area contributed by atoms with E-state index in [1.165, 1.54) is 0 Å². The second-order valence-electron chi connectivity index (χ2n) is 3.98. The summed E-state index contributed by atoms with van der Waals surface area (Å²) in [6.07, 6.45) is 1.77. The van der Waals surface area contributed by atoms with Crippen LogP contribution in [0, 0.1) is 0 Å². The van der Waals surface area contributed by atoms with Gasteiger partial charge in [-0.1, -0.05) is 0 Å². The molecule has 0 saturated heterocycles. The van der Waals surface area contributed by atoms with E-state index in [-0.39, 0.29) is 12.1 Å². The minimum absolute atomic E-state index is 0.0463. The van der Waals surface area contributed by atoms with Crippen molar-refractivity contribution in [3.63, 3.8) is 0 Å². The van der Waals surface area contributed by atoms with Gasteiger partial charge in [0.05, 0.1) is 0 Å². The summed E-state index contributed by atoms with van der Waals surface area (Å²) in [6.45, 7) is 4.74. The van der Waals surface area contributed by atoms with Crippen molar-refractivity contribution < 1.29 is 0 Å². The molecule has 98 valence electrons. The molecule has 2 unspecified atom stereocenters. The summed E-state index contributed by atoms with van der Waals surface area (Å²) in [4.78, 5) is 0. The molecule has 0 fully saturated rings. The fourth-order valence-electron chi connectivity index (χ4n) is 1.42. The highest BCUT2D eigenvalue weighted by Crippen LogP contribution is 1.96. The minimum Gasteiger partial charge on any atom is -0.329 e. The lowest BCUT2D eigenvalue weighted by atomic mass is 10.0. The SMILES string of the molecule is NCCNCCC(N)C(N)CCNCCN. The standard InChI is InChI=1S/C10H28N6/c11-3-7-15-5-1-9(13)10(14)2-6-16-8-4-12/h9-10,15-16H,1-8,11-14H2. The maximum Gasteiger partial charge on any atom is 0.0204 e. The Morgan fingerprint density at radius 2 is 1.06 bits per heavy atom. The van der Waals surface area contributed by atoms with Crippen LogP contribution >= 0.6 is 0 Å². The van der Waals surface area contributed by atoms with Crippen molar-refractivity contribution in [1.82, 2.24) is 10.6 Å². The molecule has 0 aliphatic heterocycles. The molecule has 10 N–H and O–H groups in total. The van der Waals surface area contributed by atoms with Crippen LogP contribution in [0.2, 0.25) is 0 Å². The first kappa shape index (κ1) is 15.8. The first-order valence-electron chi connectivity index (χ1n) is 6.05. The monoisotopic (exact) mass is 232 g/mol. The average Bonchev–Trinajstić information content (AvgIpc) is 2.29. The summed E-state index contributed by atoms with van der Waals surface area (Å²) in [7, 11) is 0. The Hall–Kier alpha value is -0.240. The third-order valence-corrected chi connectivity index (χ3v) is 2.50. The molecule has 0 bridgehead atoms. The molecule has 16 heavy (non-hydrogen) atoms. The molecule has 0 aromatic carbocycles. The second-order valence-corrected chi connectivity index (χ2v) is 3.98. The van der Waals surface area contributed by atoms with Gasteiger partial charge in [-0.05, 0) is 25.9 Å². The zero-order valence-electron chi connectivity index (χ0n) is 10.1. The summed E-state index contributed by atoms with van der Waals surface area (Å²) in [5, 5.41) is 6.41. The van der Waals surface area contributed by atoms with E-state index in [2.05, 4.69) is 10.6 Å². The van der Waals surface area contributed by atoms with Crippen molar-refractivity contribution in [3.8, 4) is 0 Å². The second kappa shape index (κ2) is 11.3.